The summed E-state index contributed by atoms with van der Waals surface area (Å²) in [4.78, 5) is 0. The molecule has 0 aromatic carbocycles. The van der Waals surface area contributed by atoms with Crippen molar-refractivity contribution in [3.63, 3.8) is 0 Å². The van der Waals surface area contributed by atoms with E-state index in [1.54, 1.807) is 6.20 Å². The van der Waals surface area contributed by atoms with Gasteiger partial charge in [-0.2, -0.15) is 0 Å². The number of hydrogen-bond donors (Lipinski definition) is 3. The summed E-state index contributed by atoms with van der Waals surface area (Å²) in [5.74, 6) is 4.94. The van der Waals surface area contributed by atoms with Gasteiger partial charge in [0.25, 0.3) is 0 Å². The molecule has 0 saturated heterocycles. The fourth-order valence-corrected chi connectivity index (χ4v) is 0.246. The van der Waals surface area contributed by atoms with Crippen molar-refractivity contribution in [1.29, 1.82) is 0 Å². The van der Waals surface area contributed by atoms with Crippen LogP contribution in [0.15, 0.2) is 12.8 Å². The first-order valence-electron chi connectivity index (χ1n) is 2.19. The Hall–Kier alpha value is -0.540. The summed E-state index contributed by atoms with van der Waals surface area (Å²) in [7, 11) is 0. The molecule has 0 aliphatic carbocycles. The van der Waals surface area contributed by atoms with Crippen molar-refractivity contribution in [3.05, 3.63) is 12.8 Å². The molecule has 3 heteroatoms. The van der Waals surface area contributed by atoms with Gasteiger partial charge in [-0.05, 0) is 6.20 Å². The molecule has 0 aliphatic rings. The van der Waals surface area contributed by atoms with Crippen molar-refractivity contribution in [2.45, 2.75) is 0 Å². The molecular formula is C4H11N3. The Morgan fingerprint density at radius 1 is 1.57 bits per heavy atom. The second-order valence-electron chi connectivity index (χ2n) is 1.11. The lowest BCUT2D eigenvalue weighted by Gasteiger charge is -1.95. The molecule has 0 aromatic heterocycles. The molecule has 0 unspecified atom stereocenters. The number of hydrazine groups is 1. The molecule has 0 fully saturated rings. The lowest BCUT2D eigenvalue weighted by molar-refractivity contribution is 0.695. The van der Waals surface area contributed by atoms with E-state index in [0.717, 1.165) is 13.1 Å². The van der Waals surface area contributed by atoms with Crippen LogP contribution in [0.3, 0.4) is 0 Å². The monoisotopic (exact) mass is 101 g/mol. The summed E-state index contributed by atoms with van der Waals surface area (Å²) in [6.45, 7) is 5.06. The first kappa shape index (κ1) is 6.46. The average Bonchev–Trinajstić information content (AvgIpc) is 1.69. The van der Waals surface area contributed by atoms with Gasteiger partial charge in [0.2, 0.25) is 0 Å². The maximum absolute atomic E-state index is 4.94. The maximum Gasteiger partial charge on any atom is 0.0280 e. The summed E-state index contributed by atoms with van der Waals surface area (Å²) in [5.41, 5.74) is 2.49. The third-order valence-electron chi connectivity index (χ3n) is 0.558. The molecule has 7 heavy (non-hydrogen) atoms. The lowest BCUT2D eigenvalue weighted by Crippen LogP contribution is -2.29. The Balaban J connectivity index is 2.56. The standard InChI is InChI=1S/C4H11N3/c1-2-6-3-4-7-5/h2,6-7H,1,3-5H2. The first-order valence-corrected chi connectivity index (χ1v) is 2.19. The largest absolute Gasteiger partial charge is 0.390 e. The number of hydrogen-bond acceptors (Lipinski definition) is 3. The molecule has 0 heterocycles. The van der Waals surface area contributed by atoms with Crippen LogP contribution in [0.5, 0.6) is 0 Å². The van der Waals surface area contributed by atoms with Crippen LogP contribution in [0, 0.1) is 0 Å². The minimum atomic E-state index is 0.770. The van der Waals surface area contributed by atoms with Crippen molar-refractivity contribution >= 4 is 0 Å². The number of nitrogens with one attached hydrogen (secondary N) is 2. The van der Waals surface area contributed by atoms with Crippen LogP contribution in [-0.2, 0) is 0 Å². The van der Waals surface area contributed by atoms with Gasteiger partial charge in [-0.3, -0.25) is 11.3 Å². The highest BCUT2D eigenvalue weighted by molar-refractivity contribution is 4.62. The van der Waals surface area contributed by atoms with E-state index in [0.29, 0.717) is 0 Å². The Morgan fingerprint density at radius 3 is 2.71 bits per heavy atom. The predicted octanol–water partition coefficient (Wildman–Crippen LogP) is -0.817. The normalized spacial score (nSPS) is 8.14. The highest BCUT2D eigenvalue weighted by atomic mass is 15.2. The van der Waals surface area contributed by atoms with Crippen LogP contribution in [0.25, 0.3) is 0 Å². The molecule has 0 bridgehead atoms. The fraction of sp³-hybridized carbons (Fsp3) is 0.500. The molecule has 4 N–H and O–H groups in total. The Morgan fingerprint density at radius 2 is 2.29 bits per heavy atom. The van der Waals surface area contributed by atoms with E-state index in [-0.39, 0.29) is 0 Å². The summed E-state index contributed by atoms with van der Waals surface area (Å²) in [6, 6.07) is 0. The van der Waals surface area contributed by atoms with Crippen LogP contribution in [0.4, 0.5) is 0 Å². The first-order chi connectivity index (χ1) is 3.41. The molecule has 0 amide bonds. The molecule has 0 spiro atoms. The fourth-order valence-electron chi connectivity index (χ4n) is 0.246. The quantitative estimate of drug-likeness (QED) is 0.246. The van der Waals surface area contributed by atoms with Gasteiger partial charge < -0.3 is 5.32 Å². The van der Waals surface area contributed by atoms with Gasteiger partial charge in [0.15, 0.2) is 0 Å². The van der Waals surface area contributed by atoms with Crippen LogP contribution in [-0.4, -0.2) is 13.1 Å². The Kier molecular flexibility index (Phi) is 5.04. The van der Waals surface area contributed by atoms with E-state index >= 15 is 0 Å². The van der Waals surface area contributed by atoms with Gasteiger partial charge >= 0.3 is 0 Å². The zero-order valence-corrected chi connectivity index (χ0v) is 4.28. The Labute approximate surface area is 43.6 Å². The third-order valence-corrected chi connectivity index (χ3v) is 0.558. The molecule has 0 saturated carbocycles. The summed E-state index contributed by atoms with van der Waals surface area (Å²) >= 11 is 0. The van der Waals surface area contributed by atoms with E-state index in [1.165, 1.54) is 0 Å². The smallest absolute Gasteiger partial charge is 0.0280 e. The van der Waals surface area contributed by atoms with Gasteiger partial charge in [0.05, 0.1) is 0 Å². The van der Waals surface area contributed by atoms with Gasteiger partial charge in [-0.15, -0.1) is 0 Å². The second kappa shape index (κ2) is 5.46. The van der Waals surface area contributed by atoms with Crippen LogP contribution < -0.4 is 16.6 Å². The Bertz CT molecular complexity index is 44.2. The number of rotatable bonds is 4. The average molecular weight is 101 g/mol. The molecule has 42 valence electrons. The summed E-state index contributed by atoms with van der Waals surface area (Å²) in [6.07, 6.45) is 1.64. The van der Waals surface area contributed by atoms with Crippen molar-refractivity contribution in [1.82, 2.24) is 10.7 Å². The minimum absolute atomic E-state index is 0.770. The van der Waals surface area contributed by atoms with Crippen LogP contribution in [0.2, 0.25) is 0 Å². The molecule has 0 aromatic rings. The van der Waals surface area contributed by atoms with E-state index in [1.807, 2.05) is 0 Å². The van der Waals surface area contributed by atoms with E-state index in [9.17, 15) is 0 Å². The minimum Gasteiger partial charge on any atom is -0.390 e. The lowest BCUT2D eigenvalue weighted by atomic mass is 10.6. The maximum atomic E-state index is 4.94. The third kappa shape index (κ3) is 5.46. The van der Waals surface area contributed by atoms with Crippen LogP contribution in [0.1, 0.15) is 0 Å². The molecule has 3 nitrogen and oxygen atoms in total. The van der Waals surface area contributed by atoms with E-state index < -0.39 is 0 Å². The zero-order valence-electron chi connectivity index (χ0n) is 4.28. The number of nitrogens with two attached hydrogens (primary N) is 1. The van der Waals surface area contributed by atoms with E-state index in [2.05, 4.69) is 17.3 Å². The van der Waals surface area contributed by atoms with Crippen molar-refractivity contribution in [3.8, 4) is 0 Å². The van der Waals surface area contributed by atoms with Crippen LogP contribution >= 0.6 is 0 Å². The van der Waals surface area contributed by atoms with Gasteiger partial charge in [0.1, 0.15) is 0 Å². The molecular weight excluding hydrogens is 90.1 g/mol. The van der Waals surface area contributed by atoms with Crippen molar-refractivity contribution in [2.24, 2.45) is 5.84 Å². The topological polar surface area (TPSA) is 50.1 Å². The zero-order chi connectivity index (χ0) is 5.54. The highest BCUT2D eigenvalue weighted by Crippen LogP contribution is 1.51. The van der Waals surface area contributed by atoms with Crippen molar-refractivity contribution < 1.29 is 0 Å². The summed E-state index contributed by atoms with van der Waals surface area (Å²) in [5, 5.41) is 2.87. The van der Waals surface area contributed by atoms with E-state index in [4.69, 9.17) is 5.84 Å². The van der Waals surface area contributed by atoms with Gasteiger partial charge in [-0.25, -0.2) is 0 Å². The molecule has 0 rings (SSSR count). The highest BCUT2D eigenvalue weighted by Gasteiger charge is 1.72. The molecule has 0 atom stereocenters. The predicted molar refractivity (Wildman–Crippen MR) is 30.4 cm³/mol. The SMILES string of the molecule is C=CNCCNN. The second-order valence-corrected chi connectivity index (χ2v) is 1.11. The molecule has 0 aliphatic heterocycles. The van der Waals surface area contributed by atoms with Crippen molar-refractivity contribution in [2.75, 3.05) is 13.1 Å². The summed E-state index contributed by atoms with van der Waals surface area (Å²) < 4.78 is 0. The van der Waals surface area contributed by atoms with Gasteiger partial charge in [-0.1, -0.05) is 6.58 Å². The molecule has 0 radical (unpaired) electrons. The van der Waals surface area contributed by atoms with Gasteiger partial charge in [0, 0.05) is 13.1 Å².